The zero-order valence-corrected chi connectivity index (χ0v) is 17.1. The van der Waals surface area contributed by atoms with Gasteiger partial charge in [0.2, 0.25) is 0 Å². The third-order valence-corrected chi connectivity index (χ3v) is 3.24. The van der Waals surface area contributed by atoms with Gasteiger partial charge in [-0.15, -0.1) is 0 Å². The van der Waals surface area contributed by atoms with E-state index in [9.17, 15) is 9.90 Å². The molecule has 0 aromatic carbocycles. The smallest absolute Gasteiger partial charge is 0.542 e. The molecule has 0 saturated heterocycles. The van der Waals surface area contributed by atoms with Gasteiger partial charge in [0.1, 0.15) is 11.7 Å². The quantitative estimate of drug-likeness (QED) is 0.182. The number of aliphatic hydroxyl groups is 1. The predicted molar refractivity (Wildman–Crippen MR) is 94.9 cm³/mol. The number of carboxylic acids is 1. The molecule has 0 spiro atoms. The van der Waals surface area contributed by atoms with Crippen molar-refractivity contribution in [3.63, 3.8) is 0 Å². The fraction of sp³-hybridized carbons (Fsp3) is 0.450. The summed E-state index contributed by atoms with van der Waals surface area (Å²) in [5.74, 6) is -2.36. The van der Waals surface area contributed by atoms with E-state index in [1.165, 1.54) is 51.0 Å². The summed E-state index contributed by atoms with van der Waals surface area (Å²) in [6, 6.07) is 0. The Morgan fingerprint density at radius 3 is 1.92 bits per heavy atom. The van der Waals surface area contributed by atoms with Crippen LogP contribution in [0.3, 0.4) is 0 Å². The molecule has 0 atom stereocenters. The van der Waals surface area contributed by atoms with Crippen molar-refractivity contribution in [1.29, 1.82) is 0 Å². The van der Waals surface area contributed by atoms with Gasteiger partial charge in [0.15, 0.2) is 0 Å². The minimum Gasteiger partial charge on any atom is -0.542 e. The summed E-state index contributed by atoms with van der Waals surface area (Å²) in [4.78, 5) is 10.2. The molecule has 0 heterocycles. The molecule has 0 aliphatic carbocycles. The molecule has 0 bridgehead atoms. The minimum absolute atomic E-state index is 0. The summed E-state index contributed by atoms with van der Waals surface area (Å²) in [6.45, 7) is 2.24. The molecule has 0 radical (unpaired) electrons. The van der Waals surface area contributed by atoms with Crippen molar-refractivity contribution < 1.29 is 44.6 Å². The Kier molecular flexibility index (Phi) is 21.0. The van der Waals surface area contributed by atoms with Gasteiger partial charge in [-0.2, -0.15) is 0 Å². The maximum atomic E-state index is 10.2. The molecule has 3 nitrogen and oxygen atoms in total. The zero-order chi connectivity index (χ0) is 17.2. The van der Waals surface area contributed by atoms with Crippen LogP contribution in [-0.2, 0) is 4.79 Å². The predicted octanol–water partition coefficient (Wildman–Crippen LogP) is 1.55. The number of unbranched alkanes of at least 4 members (excludes halogenated alkanes) is 7. The van der Waals surface area contributed by atoms with Crippen LogP contribution >= 0.6 is 0 Å². The molecule has 0 amide bonds. The van der Waals surface area contributed by atoms with E-state index in [1.807, 2.05) is 24.3 Å². The summed E-state index contributed by atoms with van der Waals surface area (Å²) >= 11 is 0. The molecular formula is C20H29NaO3. The first kappa shape index (κ1) is 25.2. The molecule has 0 aromatic rings. The van der Waals surface area contributed by atoms with E-state index < -0.39 is 11.7 Å². The number of carbonyl (C=O) groups is 1. The van der Waals surface area contributed by atoms with Gasteiger partial charge in [0.05, 0.1) is 0 Å². The Morgan fingerprint density at radius 1 is 0.833 bits per heavy atom. The van der Waals surface area contributed by atoms with Crippen LogP contribution in [-0.4, -0.2) is 11.1 Å². The minimum atomic E-state index is -1.58. The van der Waals surface area contributed by atoms with Crippen LogP contribution in [0.2, 0.25) is 0 Å². The SMILES string of the molecule is CCCCCCCCCC=CC=CC=CC=CC=C(O)C(=O)[O-].[Na+]. The van der Waals surface area contributed by atoms with Crippen molar-refractivity contribution in [2.45, 2.75) is 58.3 Å². The van der Waals surface area contributed by atoms with Crippen molar-refractivity contribution in [2.24, 2.45) is 0 Å². The van der Waals surface area contributed by atoms with Gasteiger partial charge in [0.25, 0.3) is 0 Å². The molecule has 1 N–H and O–H groups in total. The van der Waals surface area contributed by atoms with Gasteiger partial charge < -0.3 is 15.0 Å². The number of rotatable bonds is 13. The molecule has 0 aliphatic rings. The van der Waals surface area contributed by atoms with Gasteiger partial charge in [-0.3, -0.25) is 0 Å². The molecule has 128 valence electrons. The van der Waals surface area contributed by atoms with Crippen molar-refractivity contribution >= 4 is 5.97 Å². The van der Waals surface area contributed by atoms with E-state index in [0.717, 1.165) is 12.5 Å². The Bertz CT molecular complexity index is 446. The topological polar surface area (TPSA) is 60.4 Å². The number of carboxylic acid groups (broad SMARTS) is 1. The average molecular weight is 340 g/mol. The first-order valence-corrected chi connectivity index (χ1v) is 8.45. The van der Waals surface area contributed by atoms with Gasteiger partial charge in [-0.05, 0) is 18.9 Å². The number of aliphatic hydroxyl groups excluding tert-OH is 1. The molecule has 24 heavy (non-hydrogen) atoms. The second kappa shape index (κ2) is 20.0. The molecule has 0 rings (SSSR count). The summed E-state index contributed by atoms with van der Waals surface area (Å²) in [5.41, 5.74) is 0. The van der Waals surface area contributed by atoms with Crippen LogP contribution in [0.15, 0.2) is 60.4 Å². The van der Waals surface area contributed by atoms with Crippen LogP contribution in [0, 0.1) is 0 Å². The average Bonchev–Trinajstić information content (AvgIpc) is 2.54. The monoisotopic (exact) mass is 340 g/mol. The Morgan fingerprint density at radius 2 is 1.33 bits per heavy atom. The van der Waals surface area contributed by atoms with Gasteiger partial charge in [0, 0.05) is 0 Å². The third-order valence-electron chi connectivity index (χ3n) is 3.24. The van der Waals surface area contributed by atoms with Crippen molar-refractivity contribution in [3.8, 4) is 0 Å². The van der Waals surface area contributed by atoms with Crippen LogP contribution in [0.25, 0.3) is 0 Å². The first-order chi connectivity index (χ1) is 11.2. The number of allylic oxidation sites excluding steroid dienone is 9. The molecule has 0 fully saturated rings. The normalized spacial score (nSPS) is 12.6. The Hall–Kier alpha value is -1.03. The largest absolute Gasteiger partial charge is 1.00 e. The van der Waals surface area contributed by atoms with Gasteiger partial charge in [-0.25, -0.2) is 0 Å². The number of carbonyl (C=O) groups excluding carboxylic acids is 1. The molecule has 0 saturated carbocycles. The first-order valence-electron chi connectivity index (χ1n) is 8.45. The van der Waals surface area contributed by atoms with E-state index in [1.54, 1.807) is 12.2 Å². The van der Waals surface area contributed by atoms with Crippen LogP contribution in [0.1, 0.15) is 58.3 Å². The van der Waals surface area contributed by atoms with Gasteiger partial charge >= 0.3 is 29.6 Å². The molecule has 0 aromatic heterocycles. The fourth-order valence-corrected chi connectivity index (χ4v) is 1.93. The third kappa shape index (κ3) is 19.0. The standard InChI is InChI=1S/C20H30O3.Na/c1-2-3-4-5-6-7-8-9-10-11-12-13-14-15-16-17-18-19(21)20(22)23;/h10-18,21H,2-9H2,1H3,(H,22,23);/q;+1/p-1. The van der Waals surface area contributed by atoms with E-state index in [2.05, 4.69) is 13.0 Å². The van der Waals surface area contributed by atoms with E-state index in [-0.39, 0.29) is 29.6 Å². The second-order valence-electron chi connectivity index (χ2n) is 5.33. The zero-order valence-electron chi connectivity index (χ0n) is 15.1. The second-order valence-corrected chi connectivity index (χ2v) is 5.33. The summed E-state index contributed by atoms with van der Waals surface area (Å²) in [6.07, 6.45) is 26.2. The maximum Gasteiger partial charge on any atom is 1.00 e. The fourth-order valence-electron chi connectivity index (χ4n) is 1.93. The number of hydrogen-bond acceptors (Lipinski definition) is 3. The van der Waals surface area contributed by atoms with Crippen molar-refractivity contribution in [3.05, 3.63) is 60.4 Å². The molecule has 0 aliphatic heterocycles. The van der Waals surface area contributed by atoms with E-state index in [4.69, 9.17) is 5.11 Å². The van der Waals surface area contributed by atoms with Crippen molar-refractivity contribution in [1.82, 2.24) is 0 Å². The number of hydrogen-bond donors (Lipinski definition) is 1. The van der Waals surface area contributed by atoms with E-state index >= 15 is 0 Å². The summed E-state index contributed by atoms with van der Waals surface area (Å²) < 4.78 is 0. The van der Waals surface area contributed by atoms with Gasteiger partial charge in [-0.1, -0.05) is 94.1 Å². The maximum absolute atomic E-state index is 10.2. The summed E-state index contributed by atoms with van der Waals surface area (Å²) in [7, 11) is 0. The van der Waals surface area contributed by atoms with Crippen LogP contribution in [0.4, 0.5) is 0 Å². The molecule has 0 unspecified atom stereocenters. The molecule has 4 heteroatoms. The Balaban J connectivity index is 0. The summed E-state index contributed by atoms with van der Waals surface area (Å²) in [5, 5.41) is 19.0. The van der Waals surface area contributed by atoms with Crippen LogP contribution in [0.5, 0.6) is 0 Å². The number of aliphatic carboxylic acids is 1. The van der Waals surface area contributed by atoms with E-state index in [0.29, 0.717) is 0 Å². The van der Waals surface area contributed by atoms with Crippen LogP contribution < -0.4 is 34.7 Å². The van der Waals surface area contributed by atoms with Crippen molar-refractivity contribution in [2.75, 3.05) is 0 Å². The molecular weight excluding hydrogens is 311 g/mol. The Labute approximate surface area is 168 Å².